The van der Waals surface area contributed by atoms with E-state index in [0.717, 1.165) is 29.5 Å². The first kappa shape index (κ1) is 15.6. The summed E-state index contributed by atoms with van der Waals surface area (Å²) in [4.78, 5) is 22.0. The number of rotatable bonds is 6. The first-order valence-corrected chi connectivity index (χ1v) is 6.99. The highest BCUT2D eigenvalue weighted by Gasteiger charge is 2.17. The minimum atomic E-state index is -0.877. The van der Waals surface area contributed by atoms with Crippen molar-refractivity contribution in [2.45, 2.75) is 0 Å². The van der Waals surface area contributed by atoms with Gasteiger partial charge in [0.15, 0.2) is 17.3 Å². The number of nitro benzene ring substituents is 1. The van der Waals surface area contributed by atoms with E-state index in [2.05, 4.69) is 11.9 Å². The fourth-order valence-corrected chi connectivity index (χ4v) is 2.33. The van der Waals surface area contributed by atoms with Crippen molar-refractivity contribution in [1.29, 1.82) is 0 Å². The van der Waals surface area contributed by atoms with E-state index in [4.69, 9.17) is 4.74 Å². The molecule has 0 fully saturated rings. The molecule has 2 aromatic rings. The number of hydrogen-bond acceptors (Lipinski definition) is 5. The predicted octanol–water partition coefficient (Wildman–Crippen LogP) is 3.50. The second kappa shape index (κ2) is 6.81. The van der Waals surface area contributed by atoms with Gasteiger partial charge in [-0.3, -0.25) is 14.9 Å². The number of carbonyl (C=O) groups is 1. The molecule has 0 aliphatic carbocycles. The number of carbonyl (C=O) groups excluding carboxylic acids is 1. The Labute approximate surface area is 129 Å². The number of benzene rings is 1. The summed E-state index contributed by atoms with van der Waals surface area (Å²) in [6.07, 6.45) is 1.53. The highest BCUT2D eigenvalue weighted by Crippen LogP contribution is 2.32. The molecule has 0 aliphatic rings. The lowest BCUT2D eigenvalue weighted by Crippen LogP contribution is -2.22. The first-order chi connectivity index (χ1) is 10.5. The van der Waals surface area contributed by atoms with Gasteiger partial charge in [-0.25, -0.2) is 4.39 Å². The lowest BCUT2D eigenvalue weighted by molar-refractivity contribution is -0.385. The van der Waals surface area contributed by atoms with E-state index in [0.29, 0.717) is 6.54 Å². The van der Waals surface area contributed by atoms with E-state index in [1.54, 1.807) is 5.38 Å². The lowest BCUT2D eigenvalue weighted by Gasteiger charge is -2.07. The molecule has 1 amide bonds. The molecule has 0 saturated heterocycles. The van der Waals surface area contributed by atoms with E-state index in [1.807, 2.05) is 0 Å². The Morgan fingerprint density at radius 1 is 1.45 bits per heavy atom. The summed E-state index contributed by atoms with van der Waals surface area (Å²) in [5.41, 5.74) is -0.376. The van der Waals surface area contributed by atoms with E-state index in [1.165, 1.54) is 12.1 Å². The number of halogens is 1. The number of thiophene rings is 1. The highest BCUT2D eigenvalue weighted by atomic mass is 32.1. The van der Waals surface area contributed by atoms with Crippen LogP contribution in [0.3, 0.4) is 0 Å². The van der Waals surface area contributed by atoms with Crippen molar-refractivity contribution in [1.82, 2.24) is 5.32 Å². The number of amides is 1. The Hall–Kier alpha value is -2.74. The van der Waals surface area contributed by atoms with Crippen LogP contribution < -0.4 is 10.1 Å². The maximum absolute atomic E-state index is 13.8. The van der Waals surface area contributed by atoms with Crippen molar-refractivity contribution in [2.24, 2.45) is 0 Å². The Morgan fingerprint density at radius 2 is 2.23 bits per heavy atom. The normalized spacial score (nSPS) is 10.0. The van der Waals surface area contributed by atoms with Crippen molar-refractivity contribution < 1.29 is 18.8 Å². The van der Waals surface area contributed by atoms with Crippen LogP contribution in [0.1, 0.15) is 9.67 Å². The van der Waals surface area contributed by atoms with Crippen LogP contribution in [-0.4, -0.2) is 17.4 Å². The second-order valence-corrected chi connectivity index (χ2v) is 5.00. The van der Waals surface area contributed by atoms with Gasteiger partial charge in [0.25, 0.3) is 11.6 Å². The van der Waals surface area contributed by atoms with Crippen molar-refractivity contribution >= 4 is 22.9 Å². The third-order valence-electron chi connectivity index (χ3n) is 2.59. The van der Waals surface area contributed by atoms with Gasteiger partial charge in [0.1, 0.15) is 4.88 Å². The molecule has 1 aromatic heterocycles. The zero-order valence-electron chi connectivity index (χ0n) is 11.2. The van der Waals surface area contributed by atoms with E-state index >= 15 is 0 Å². The molecule has 114 valence electrons. The van der Waals surface area contributed by atoms with Crippen LogP contribution in [0.4, 0.5) is 10.1 Å². The summed E-state index contributed by atoms with van der Waals surface area (Å²) in [5, 5.41) is 14.8. The summed E-state index contributed by atoms with van der Waals surface area (Å²) in [7, 11) is 0. The summed E-state index contributed by atoms with van der Waals surface area (Å²) < 4.78 is 19.1. The number of nitrogens with one attached hydrogen (secondary N) is 1. The van der Waals surface area contributed by atoms with Gasteiger partial charge in [-0.2, -0.15) is 0 Å². The molecule has 0 spiro atoms. The van der Waals surface area contributed by atoms with Gasteiger partial charge in [-0.1, -0.05) is 6.08 Å². The third kappa shape index (κ3) is 3.47. The average Bonchev–Trinajstić information content (AvgIpc) is 2.95. The second-order valence-electron chi connectivity index (χ2n) is 4.09. The number of hydrogen-bond donors (Lipinski definition) is 1. The zero-order chi connectivity index (χ0) is 16.1. The molecule has 1 aromatic carbocycles. The fourth-order valence-electron chi connectivity index (χ4n) is 1.59. The number of non-ortho nitro benzene ring substituents is 1. The smallest absolute Gasteiger partial charge is 0.272 e. The molecule has 1 heterocycles. The minimum Gasteiger partial charge on any atom is -0.453 e. The molecule has 0 radical (unpaired) electrons. The molecule has 1 N–H and O–H groups in total. The molecule has 0 atom stereocenters. The molecule has 0 unspecified atom stereocenters. The minimum absolute atomic E-state index is 0.180. The SMILES string of the molecule is C=CCNC(=O)c1sccc1Oc1ccc([N+](=O)[O-])cc1F. The Bertz CT molecular complexity index is 729. The summed E-state index contributed by atoms with van der Waals surface area (Å²) in [5.74, 6) is -1.26. The third-order valence-corrected chi connectivity index (χ3v) is 3.48. The molecule has 8 heteroatoms. The van der Waals surface area contributed by atoms with Crippen LogP contribution >= 0.6 is 11.3 Å². The molecular formula is C14H11FN2O4S. The molecular weight excluding hydrogens is 311 g/mol. The maximum atomic E-state index is 13.8. The summed E-state index contributed by atoms with van der Waals surface area (Å²) >= 11 is 1.14. The van der Waals surface area contributed by atoms with Crippen molar-refractivity contribution in [3.05, 3.63) is 63.1 Å². The van der Waals surface area contributed by atoms with Gasteiger partial charge in [0.05, 0.1) is 11.0 Å². The van der Waals surface area contributed by atoms with E-state index in [-0.39, 0.29) is 28.0 Å². The van der Waals surface area contributed by atoms with Crippen molar-refractivity contribution in [3.8, 4) is 11.5 Å². The van der Waals surface area contributed by atoms with Crippen LogP contribution in [0.2, 0.25) is 0 Å². The fraction of sp³-hybridized carbons (Fsp3) is 0.0714. The Morgan fingerprint density at radius 3 is 2.86 bits per heavy atom. The largest absolute Gasteiger partial charge is 0.453 e. The number of nitro groups is 1. The van der Waals surface area contributed by atoms with Gasteiger partial charge in [-0.15, -0.1) is 17.9 Å². The molecule has 0 bridgehead atoms. The van der Waals surface area contributed by atoms with Crippen molar-refractivity contribution in [2.75, 3.05) is 6.54 Å². The van der Waals surface area contributed by atoms with Crippen LogP contribution in [-0.2, 0) is 0 Å². The number of ether oxygens (including phenoxy) is 1. The molecule has 22 heavy (non-hydrogen) atoms. The standard InChI is InChI=1S/C14H11FN2O4S/c1-2-6-16-14(18)13-12(5-7-22-13)21-11-4-3-9(17(19)20)8-10(11)15/h2-5,7-8H,1,6H2,(H,16,18). The van der Waals surface area contributed by atoms with Crippen LogP contribution in [0.25, 0.3) is 0 Å². The predicted molar refractivity (Wildman–Crippen MR) is 80.0 cm³/mol. The van der Waals surface area contributed by atoms with Gasteiger partial charge < -0.3 is 10.1 Å². The quantitative estimate of drug-likeness (QED) is 0.501. The van der Waals surface area contributed by atoms with Crippen molar-refractivity contribution in [3.63, 3.8) is 0 Å². The van der Waals surface area contributed by atoms with E-state index in [9.17, 15) is 19.3 Å². The lowest BCUT2D eigenvalue weighted by atomic mass is 10.3. The topological polar surface area (TPSA) is 81.5 Å². The van der Waals surface area contributed by atoms with Crippen LogP contribution in [0, 0.1) is 15.9 Å². The van der Waals surface area contributed by atoms with Gasteiger partial charge in [0.2, 0.25) is 0 Å². The summed E-state index contributed by atoms with van der Waals surface area (Å²) in [6.45, 7) is 3.78. The molecule has 6 nitrogen and oxygen atoms in total. The average molecular weight is 322 g/mol. The van der Waals surface area contributed by atoms with Gasteiger partial charge >= 0.3 is 0 Å². The monoisotopic (exact) mass is 322 g/mol. The Balaban J connectivity index is 2.21. The summed E-state index contributed by atoms with van der Waals surface area (Å²) in [6, 6.07) is 4.56. The van der Waals surface area contributed by atoms with Crippen LogP contribution in [0.5, 0.6) is 11.5 Å². The first-order valence-electron chi connectivity index (χ1n) is 6.11. The highest BCUT2D eigenvalue weighted by molar-refractivity contribution is 7.12. The Kier molecular flexibility index (Phi) is 4.84. The molecule has 0 saturated carbocycles. The van der Waals surface area contributed by atoms with Crippen LogP contribution in [0.15, 0.2) is 42.3 Å². The van der Waals surface area contributed by atoms with Gasteiger partial charge in [-0.05, 0) is 17.5 Å². The maximum Gasteiger partial charge on any atom is 0.272 e. The zero-order valence-corrected chi connectivity index (χ0v) is 12.1. The molecule has 2 rings (SSSR count). The molecule has 0 aliphatic heterocycles. The van der Waals surface area contributed by atoms with Gasteiger partial charge in [0, 0.05) is 12.6 Å². The van der Waals surface area contributed by atoms with E-state index < -0.39 is 10.7 Å². The number of nitrogens with zero attached hydrogens (tertiary/aromatic N) is 1.